The van der Waals surface area contributed by atoms with Gasteiger partial charge in [0, 0.05) is 18.0 Å². The SMILES string of the molecule is CCSCc1ccc2c(c1)NCC2. The van der Waals surface area contributed by atoms with Gasteiger partial charge in [0.05, 0.1) is 0 Å². The fourth-order valence-electron chi connectivity index (χ4n) is 1.65. The normalized spacial score (nSPS) is 13.9. The maximum Gasteiger partial charge on any atom is 0.0376 e. The monoisotopic (exact) mass is 193 g/mol. The van der Waals surface area contributed by atoms with Gasteiger partial charge >= 0.3 is 0 Å². The highest BCUT2D eigenvalue weighted by atomic mass is 32.2. The molecular formula is C11H15NS. The molecule has 1 aliphatic rings. The highest BCUT2D eigenvalue weighted by Gasteiger charge is 2.09. The van der Waals surface area contributed by atoms with Crippen molar-refractivity contribution in [2.75, 3.05) is 17.6 Å². The Morgan fingerprint density at radius 1 is 1.46 bits per heavy atom. The van der Waals surface area contributed by atoms with E-state index in [1.165, 1.54) is 29.0 Å². The van der Waals surface area contributed by atoms with Gasteiger partial charge in [-0.25, -0.2) is 0 Å². The van der Waals surface area contributed by atoms with Gasteiger partial charge < -0.3 is 5.32 Å². The van der Waals surface area contributed by atoms with E-state index in [2.05, 4.69) is 30.4 Å². The molecule has 0 bridgehead atoms. The molecule has 0 unspecified atom stereocenters. The average Bonchev–Trinajstić information content (AvgIpc) is 2.61. The van der Waals surface area contributed by atoms with Gasteiger partial charge in [-0.2, -0.15) is 11.8 Å². The zero-order valence-corrected chi connectivity index (χ0v) is 8.79. The van der Waals surface area contributed by atoms with Crippen molar-refractivity contribution in [1.29, 1.82) is 0 Å². The number of anilines is 1. The molecule has 1 aliphatic heterocycles. The van der Waals surface area contributed by atoms with Crippen molar-refractivity contribution in [3.05, 3.63) is 29.3 Å². The standard InChI is InChI=1S/C11H15NS/c1-2-13-8-9-3-4-10-5-6-12-11(10)7-9/h3-4,7,12H,2,5-6,8H2,1H3. The zero-order chi connectivity index (χ0) is 9.10. The summed E-state index contributed by atoms with van der Waals surface area (Å²) in [5, 5.41) is 3.41. The Kier molecular flexibility index (Phi) is 2.79. The van der Waals surface area contributed by atoms with E-state index < -0.39 is 0 Å². The molecule has 1 N–H and O–H groups in total. The van der Waals surface area contributed by atoms with E-state index in [0.29, 0.717) is 0 Å². The Labute approximate surface area is 83.9 Å². The van der Waals surface area contributed by atoms with Crippen LogP contribution < -0.4 is 5.32 Å². The minimum Gasteiger partial charge on any atom is -0.384 e. The summed E-state index contributed by atoms with van der Waals surface area (Å²) in [5.41, 5.74) is 4.28. The van der Waals surface area contributed by atoms with E-state index in [-0.39, 0.29) is 0 Å². The molecule has 1 aromatic carbocycles. The van der Waals surface area contributed by atoms with E-state index >= 15 is 0 Å². The Morgan fingerprint density at radius 2 is 2.38 bits per heavy atom. The van der Waals surface area contributed by atoms with E-state index in [0.717, 1.165) is 12.3 Å². The largest absolute Gasteiger partial charge is 0.384 e. The van der Waals surface area contributed by atoms with Crippen LogP contribution in [0.25, 0.3) is 0 Å². The van der Waals surface area contributed by atoms with Gasteiger partial charge in [-0.15, -0.1) is 0 Å². The van der Waals surface area contributed by atoms with Crippen LogP contribution in [0.15, 0.2) is 18.2 Å². The van der Waals surface area contributed by atoms with E-state index in [1.54, 1.807) is 0 Å². The van der Waals surface area contributed by atoms with Gasteiger partial charge in [0.15, 0.2) is 0 Å². The zero-order valence-electron chi connectivity index (χ0n) is 7.97. The molecule has 0 spiro atoms. The third-order valence-corrected chi connectivity index (χ3v) is 3.30. The minimum atomic E-state index is 1.11. The first-order valence-corrected chi connectivity index (χ1v) is 5.99. The van der Waals surface area contributed by atoms with Gasteiger partial charge in [0.1, 0.15) is 0 Å². The number of benzene rings is 1. The lowest BCUT2D eigenvalue weighted by Crippen LogP contribution is -1.91. The van der Waals surface area contributed by atoms with E-state index in [1.807, 2.05) is 11.8 Å². The van der Waals surface area contributed by atoms with Gasteiger partial charge in [-0.3, -0.25) is 0 Å². The fourth-order valence-corrected chi connectivity index (χ4v) is 2.27. The molecule has 13 heavy (non-hydrogen) atoms. The Bertz CT molecular complexity index is 296. The summed E-state index contributed by atoms with van der Waals surface area (Å²) in [4.78, 5) is 0. The summed E-state index contributed by atoms with van der Waals surface area (Å²) in [6.45, 7) is 3.32. The highest BCUT2D eigenvalue weighted by Crippen LogP contribution is 2.24. The van der Waals surface area contributed by atoms with Crippen molar-refractivity contribution < 1.29 is 0 Å². The number of hydrogen-bond donors (Lipinski definition) is 1. The molecule has 1 heterocycles. The molecule has 1 nitrogen and oxygen atoms in total. The van der Waals surface area contributed by atoms with Crippen LogP contribution in [0.2, 0.25) is 0 Å². The van der Waals surface area contributed by atoms with Crippen LogP contribution >= 0.6 is 11.8 Å². The van der Waals surface area contributed by atoms with E-state index in [4.69, 9.17) is 0 Å². The molecule has 2 heteroatoms. The maximum atomic E-state index is 3.41. The van der Waals surface area contributed by atoms with Crippen LogP contribution in [0, 0.1) is 0 Å². The fraction of sp³-hybridized carbons (Fsp3) is 0.455. The first kappa shape index (κ1) is 8.95. The van der Waals surface area contributed by atoms with Crippen molar-refractivity contribution in [2.45, 2.75) is 19.1 Å². The highest BCUT2D eigenvalue weighted by molar-refractivity contribution is 7.98. The Hall–Kier alpha value is -0.630. The smallest absolute Gasteiger partial charge is 0.0376 e. The van der Waals surface area contributed by atoms with Crippen LogP contribution in [-0.4, -0.2) is 12.3 Å². The Balaban J connectivity index is 2.12. The third kappa shape index (κ3) is 1.99. The summed E-state index contributed by atoms with van der Waals surface area (Å²) in [7, 11) is 0. The molecular weight excluding hydrogens is 178 g/mol. The molecule has 0 amide bonds. The number of thioether (sulfide) groups is 1. The molecule has 0 aromatic heterocycles. The molecule has 0 fully saturated rings. The summed E-state index contributed by atoms with van der Waals surface area (Å²) >= 11 is 1.98. The first-order valence-electron chi connectivity index (χ1n) is 4.83. The molecule has 70 valence electrons. The second kappa shape index (κ2) is 4.05. The van der Waals surface area contributed by atoms with Gasteiger partial charge in [-0.1, -0.05) is 19.1 Å². The molecule has 0 atom stereocenters. The van der Waals surface area contributed by atoms with Crippen LogP contribution in [0.1, 0.15) is 18.1 Å². The molecule has 0 radical (unpaired) electrons. The van der Waals surface area contributed by atoms with Crippen molar-refractivity contribution >= 4 is 17.4 Å². The predicted molar refractivity (Wildman–Crippen MR) is 60.5 cm³/mol. The van der Waals surface area contributed by atoms with Crippen molar-refractivity contribution in [3.63, 3.8) is 0 Å². The molecule has 1 aromatic rings. The third-order valence-electron chi connectivity index (χ3n) is 2.36. The summed E-state index contributed by atoms with van der Waals surface area (Å²) < 4.78 is 0. The Morgan fingerprint density at radius 3 is 3.23 bits per heavy atom. The topological polar surface area (TPSA) is 12.0 Å². The molecule has 0 saturated heterocycles. The average molecular weight is 193 g/mol. The summed E-state index contributed by atoms with van der Waals surface area (Å²) in [6, 6.07) is 6.82. The van der Waals surface area contributed by atoms with Gasteiger partial charge in [0.25, 0.3) is 0 Å². The lowest BCUT2D eigenvalue weighted by atomic mass is 10.1. The van der Waals surface area contributed by atoms with Crippen LogP contribution in [-0.2, 0) is 12.2 Å². The van der Waals surface area contributed by atoms with Crippen LogP contribution in [0.3, 0.4) is 0 Å². The van der Waals surface area contributed by atoms with Crippen LogP contribution in [0.5, 0.6) is 0 Å². The lowest BCUT2D eigenvalue weighted by molar-refractivity contribution is 1.11. The van der Waals surface area contributed by atoms with Crippen molar-refractivity contribution in [1.82, 2.24) is 0 Å². The number of rotatable bonds is 3. The number of hydrogen-bond acceptors (Lipinski definition) is 2. The van der Waals surface area contributed by atoms with Crippen molar-refractivity contribution in [3.8, 4) is 0 Å². The number of fused-ring (bicyclic) bond motifs is 1. The van der Waals surface area contributed by atoms with Crippen molar-refractivity contribution in [2.24, 2.45) is 0 Å². The van der Waals surface area contributed by atoms with Gasteiger partial charge in [0.2, 0.25) is 0 Å². The second-order valence-corrected chi connectivity index (χ2v) is 4.58. The molecule has 0 saturated carbocycles. The second-order valence-electron chi connectivity index (χ2n) is 3.31. The quantitative estimate of drug-likeness (QED) is 0.792. The summed E-state index contributed by atoms with van der Waals surface area (Å²) in [5.74, 6) is 2.34. The predicted octanol–water partition coefficient (Wildman–Crippen LogP) is 2.91. The summed E-state index contributed by atoms with van der Waals surface area (Å²) in [6.07, 6.45) is 1.19. The van der Waals surface area contributed by atoms with E-state index in [9.17, 15) is 0 Å². The lowest BCUT2D eigenvalue weighted by Gasteiger charge is -2.03. The maximum absolute atomic E-state index is 3.41. The van der Waals surface area contributed by atoms with Gasteiger partial charge in [-0.05, 0) is 29.4 Å². The number of nitrogens with one attached hydrogen (secondary N) is 1. The van der Waals surface area contributed by atoms with Crippen LogP contribution in [0.4, 0.5) is 5.69 Å². The first-order chi connectivity index (χ1) is 6.40. The molecule has 2 rings (SSSR count). The molecule has 0 aliphatic carbocycles. The minimum absolute atomic E-state index is 1.11.